The van der Waals surface area contributed by atoms with Gasteiger partial charge in [0.15, 0.2) is 0 Å². The molecule has 0 saturated heterocycles. The molecule has 0 aliphatic carbocycles. The molecule has 1 aliphatic rings. The van der Waals surface area contributed by atoms with Crippen molar-refractivity contribution in [2.45, 2.75) is 0 Å². The third-order valence-corrected chi connectivity index (χ3v) is 3.78. The highest BCUT2D eigenvalue weighted by molar-refractivity contribution is 7.92. The summed E-state index contributed by atoms with van der Waals surface area (Å²) < 4.78 is 34.5. The van der Waals surface area contributed by atoms with E-state index in [-0.39, 0.29) is 18.7 Å². The molecule has 1 aromatic rings. The third-order valence-electron chi connectivity index (χ3n) is 2.60. The highest BCUT2D eigenvalue weighted by Gasteiger charge is 2.26. The van der Waals surface area contributed by atoms with Gasteiger partial charge in [-0.05, 0) is 18.2 Å². The van der Waals surface area contributed by atoms with Crippen molar-refractivity contribution in [3.8, 4) is 5.75 Å². The number of rotatable bonds is 2. The summed E-state index contributed by atoms with van der Waals surface area (Å²) in [5.74, 6) is -0.0730. The number of anilines is 1. The SMILES string of the molecule is COC(=O)c1ccc2c(c1)N(S(C)(=O)=O)CCO2. The summed E-state index contributed by atoms with van der Waals surface area (Å²) in [6, 6.07) is 4.57. The zero-order valence-corrected chi connectivity index (χ0v) is 10.9. The molecule has 0 unspecified atom stereocenters. The molecule has 2 rings (SSSR count). The molecule has 1 aromatic carbocycles. The average molecular weight is 271 g/mol. The largest absolute Gasteiger partial charge is 0.489 e. The Hall–Kier alpha value is -1.76. The van der Waals surface area contributed by atoms with Crippen LogP contribution in [-0.4, -0.2) is 40.9 Å². The molecule has 6 nitrogen and oxygen atoms in total. The van der Waals surface area contributed by atoms with Crippen molar-refractivity contribution < 1.29 is 22.7 Å². The molecule has 98 valence electrons. The van der Waals surface area contributed by atoms with E-state index in [1.165, 1.54) is 23.5 Å². The van der Waals surface area contributed by atoms with Crippen LogP contribution in [-0.2, 0) is 14.8 Å². The maximum Gasteiger partial charge on any atom is 0.337 e. The number of hydrogen-bond acceptors (Lipinski definition) is 5. The number of carbonyl (C=O) groups is 1. The standard InChI is InChI=1S/C11H13NO5S/c1-16-11(13)8-3-4-10-9(7-8)12(5-6-17-10)18(2,14)15/h3-4,7H,5-6H2,1-2H3. The van der Waals surface area contributed by atoms with Crippen molar-refractivity contribution in [1.29, 1.82) is 0 Å². The van der Waals surface area contributed by atoms with E-state index in [1.807, 2.05) is 0 Å². The Kier molecular flexibility index (Phi) is 3.16. The Morgan fingerprint density at radius 3 is 2.78 bits per heavy atom. The molecule has 1 aliphatic heterocycles. The second kappa shape index (κ2) is 4.49. The zero-order chi connectivity index (χ0) is 13.3. The first-order chi connectivity index (χ1) is 8.43. The minimum absolute atomic E-state index is 0.233. The van der Waals surface area contributed by atoms with E-state index in [0.717, 1.165) is 6.26 Å². The number of benzene rings is 1. The second-order valence-electron chi connectivity index (χ2n) is 3.86. The minimum Gasteiger partial charge on any atom is -0.489 e. The lowest BCUT2D eigenvalue weighted by molar-refractivity contribution is 0.0600. The summed E-state index contributed by atoms with van der Waals surface area (Å²) >= 11 is 0. The van der Waals surface area contributed by atoms with Crippen molar-refractivity contribution in [3.05, 3.63) is 23.8 Å². The third kappa shape index (κ3) is 2.26. The van der Waals surface area contributed by atoms with Gasteiger partial charge in [0.25, 0.3) is 0 Å². The van der Waals surface area contributed by atoms with Crippen molar-refractivity contribution in [2.24, 2.45) is 0 Å². The van der Waals surface area contributed by atoms with Crippen molar-refractivity contribution in [1.82, 2.24) is 0 Å². The number of ether oxygens (including phenoxy) is 2. The fraction of sp³-hybridized carbons (Fsp3) is 0.364. The fourth-order valence-corrected chi connectivity index (χ4v) is 2.69. The van der Waals surface area contributed by atoms with E-state index in [1.54, 1.807) is 6.07 Å². The summed E-state index contributed by atoms with van der Waals surface area (Å²) in [7, 11) is -2.12. The molecule has 0 fully saturated rings. The molecular formula is C11H13NO5S. The van der Waals surface area contributed by atoms with E-state index in [2.05, 4.69) is 4.74 Å². The topological polar surface area (TPSA) is 72.9 Å². The van der Waals surface area contributed by atoms with E-state index in [9.17, 15) is 13.2 Å². The molecule has 0 spiro atoms. The monoisotopic (exact) mass is 271 g/mol. The first-order valence-corrected chi connectivity index (χ1v) is 7.11. The molecule has 0 saturated carbocycles. The lowest BCUT2D eigenvalue weighted by atomic mass is 10.1. The van der Waals surface area contributed by atoms with E-state index in [4.69, 9.17) is 4.74 Å². The number of methoxy groups -OCH3 is 1. The number of carbonyl (C=O) groups excluding carboxylic acids is 1. The predicted molar refractivity (Wildman–Crippen MR) is 65.5 cm³/mol. The van der Waals surface area contributed by atoms with Gasteiger partial charge in [0.05, 0.1) is 31.2 Å². The van der Waals surface area contributed by atoms with Crippen LogP contribution in [0.25, 0.3) is 0 Å². The summed E-state index contributed by atoms with van der Waals surface area (Å²) in [4.78, 5) is 11.4. The Bertz CT molecular complexity index is 581. The van der Waals surface area contributed by atoms with Gasteiger partial charge in [-0.1, -0.05) is 0 Å². The molecular weight excluding hydrogens is 258 g/mol. The van der Waals surface area contributed by atoms with Gasteiger partial charge in [-0.3, -0.25) is 4.31 Å². The molecule has 0 atom stereocenters. The first kappa shape index (κ1) is 12.7. The lowest BCUT2D eigenvalue weighted by Gasteiger charge is -2.29. The number of hydrogen-bond donors (Lipinski definition) is 0. The fourth-order valence-electron chi connectivity index (χ4n) is 1.78. The molecule has 1 heterocycles. The number of nitrogens with zero attached hydrogens (tertiary/aromatic N) is 1. The van der Waals surface area contributed by atoms with Crippen LogP contribution < -0.4 is 9.04 Å². The Labute approximate surface area is 105 Å². The van der Waals surface area contributed by atoms with Gasteiger partial charge in [0.1, 0.15) is 12.4 Å². The van der Waals surface area contributed by atoms with Crippen LogP contribution in [0.15, 0.2) is 18.2 Å². The van der Waals surface area contributed by atoms with Crippen LogP contribution in [0.3, 0.4) is 0 Å². The molecule has 0 radical (unpaired) electrons. The summed E-state index contributed by atoms with van der Waals surface area (Å²) in [5, 5.41) is 0. The van der Waals surface area contributed by atoms with Gasteiger partial charge in [-0.25, -0.2) is 13.2 Å². The predicted octanol–water partition coefficient (Wildman–Crippen LogP) is 0.632. The van der Waals surface area contributed by atoms with Crippen molar-refractivity contribution in [3.63, 3.8) is 0 Å². The van der Waals surface area contributed by atoms with Crippen LogP contribution in [0.2, 0.25) is 0 Å². The van der Waals surface area contributed by atoms with E-state index >= 15 is 0 Å². The average Bonchev–Trinajstić information content (AvgIpc) is 2.35. The summed E-state index contributed by atoms with van der Waals surface area (Å²) in [6.07, 6.45) is 1.12. The molecule has 0 N–H and O–H groups in total. The van der Waals surface area contributed by atoms with Crippen LogP contribution in [0, 0.1) is 0 Å². The molecule has 7 heteroatoms. The normalized spacial score (nSPS) is 14.7. The Morgan fingerprint density at radius 1 is 1.44 bits per heavy atom. The summed E-state index contributed by atoms with van der Waals surface area (Å²) in [6.45, 7) is 0.522. The van der Waals surface area contributed by atoms with Gasteiger partial charge in [0.2, 0.25) is 10.0 Å². The maximum absolute atomic E-state index is 11.7. The Balaban J connectivity index is 2.51. The number of esters is 1. The van der Waals surface area contributed by atoms with Gasteiger partial charge in [-0.2, -0.15) is 0 Å². The second-order valence-corrected chi connectivity index (χ2v) is 5.76. The van der Waals surface area contributed by atoms with Gasteiger partial charge >= 0.3 is 5.97 Å². The van der Waals surface area contributed by atoms with Crippen LogP contribution >= 0.6 is 0 Å². The van der Waals surface area contributed by atoms with Crippen LogP contribution in [0.5, 0.6) is 5.75 Å². The van der Waals surface area contributed by atoms with Crippen LogP contribution in [0.4, 0.5) is 5.69 Å². The highest BCUT2D eigenvalue weighted by atomic mass is 32.2. The molecule has 0 aromatic heterocycles. The zero-order valence-electron chi connectivity index (χ0n) is 10.0. The minimum atomic E-state index is -3.39. The maximum atomic E-state index is 11.7. The summed E-state index contributed by atoms with van der Waals surface area (Å²) in [5.41, 5.74) is 0.655. The number of sulfonamides is 1. The number of fused-ring (bicyclic) bond motifs is 1. The van der Waals surface area contributed by atoms with Gasteiger partial charge in [0, 0.05) is 0 Å². The smallest absolute Gasteiger partial charge is 0.337 e. The van der Waals surface area contributed by atoms with E-state index < -0.39 is 16.0 Å². The van der Waals surface area contributed by atoms with Crippen LogP contribution in [0.1, 0.15) is 10.4 Å². The molecule has 18 heavy (non-hydrogen) atoms. The van der Waals surface area contributed by atoms with Crippen molar-refractivity contribution in [2.75, 3.05) is 30.8 Å². The van der Waals surface area contributed by atoms with Gasteiger partial charge < -0.3 is 9.47 Å². The Morgan fingerprint density at radius 2 is 2.17 bits per heavy atom. The van der Waals surface area contributed by atoms with Crippen molar-refractivity contribution >= 4 is 21.7 Å². The highest BCUT2D eigenvalue weighted by Crippen LogP contribution is 2.34. The lowest BCUT2D eigenvalue weighted by Crippen LogP contribution is -2.37. The molecule has 0 bridgehead atoms. The van der Waals surface area contributed by atoms with Gasteiger partial charge in [-0.15, -0.1) is 0 Å². The quantitative estimate of drug-likeness (QED) is 0.738. The first-order valence-electron chi connectivity index (χ1n) is 5.26. The molecule has 0 amide bonds. The van der Waals surface area contributed by atoms with E-state index in [0.29, 0.717) is 11.4 Å².